The normalized spacial score (nSPS) is 22.1. The Kier molecular flexibility index (Phi) is 4.88. The van der Waals surface area contributed by atoms with Crippen LogP contribution in [0.2, 0.25) is 0 Å². The van der Waals surface area contributed by atoms with Crippen LogP contribution in [0, 0.1) is 17.6 Å². The lowest BCUT2D eigenvalue weighted by molar-refractivity contribution is -0.169. The third-order valence-electron chi connectivity index (χ3n) is 5.40. The maximum Gasteiger partial charge on any atom is 0.254 e. The molecular weight excluding hydrogens is 316 g/mol. The van der Waals surface area contributed by atoms with E-state index in [0.29, 0.717) is 50.8 Å². The van der Waals surface area contributed by atoms with E-state index >= 15 is 0 Å². The Labute approximate surface area is 140 Å². The Morgan fingerprint density at radius 2 is 1.96 bits per heavy atom. The molecule has 1 aromatic rings. The minimum Gasteiger partial charge on any atom is -0.387 e. The number of carbonyl (C=O) groups is 1. The van der Waals surface area contributed by atoms with E-state index in [1.54, 1.807) is 4.90 Å². The zero-order valence-corrected chi connectivity index (χ0v) is 13.5. The molecule has 2 N–H and O–H groups in total. The molecule has 2 aliphatic rings. The van der Waals surface area contributed by atoms with Crippen LogP contribution in [0.15, 0.2) is 18.2 Å². The molecule has 1 atom stereocenters. The van der Waals surface area contributed by atoms with E-state index in [1.807, 2.05) is 0 Å². The number of hydrogen-bond acceptors (Lipinski definition) is 3. The van der Waals surface area contributed by atoms with Gasteiger partial charge in [-0.05, 0) is 68.2 Å². The zero-order valence-electron chi connectivity index (χ0n) is 13.5. The molecule has 1 heterocycles. The van der Waals surface area contributed by atoms with Gasteiger partial charge in [0.2, 0.25) is 0 Å². The van der Waals surface area contributed by atoms with Gasteiger partial charge in [0, 0.05) is 13.1 Å². The van der Waals surface area contributed by atoms with E-state index < -0.39 is 29.2 Å². The minimum absolute atomic E-state index is 0.175. The highest BCUT2D eigenvalue weighted by molar-refractivity contribution is 5.82. The lowest BCUT2D eigenvalue weighted by Crippen LogP contribution is -2.57. The van der Waals surface area contributed by atoms with E-state index in [-0.39, 0.29) is 5.92 Å². The molecule has 0 spiro atoms. The molecule has 1 unspecified atom stereocenters. The van der Waals surface area contributed by atoms with Gasteiger partial charge >= 0.3 is 0 Å². The van der Waals surface area contributed by atoms with Gasteiger partial charge < -0.3 is 15.1 Å². The van der Waals surface area contributed by atoms with Crippen LogP contribution in [0.4, 0.5) is 8.78 Å². The van der Waals surface area contributed by atoms with Gasteiger partial charge in [0.25, 0.3) is 5.91 Å². The van der Waals surface area contributed by atoms with E-state index in [1.165, 1.54) is 6.07 Å². The second-order valence-electron chi connectivity index (χ2n) is 7.07. The molecule has 1 saturated carbocycles. The second-order valence-corrected chi connectivity index (χ2v) is 7.07. The fourth-order valence-corrected chi connectivity index (χ4v) is 3.58. The average Bonchev–Trinajstić information content (AvgIpc) is 2.55. The molecule has 1 aromatic carbocycles. The van der Waals surface area contributed by atoms with Gasteiger partial charge in [-0.1, -0.05) is 0 Å². The summed E-state index contributed by atoms with van der Waals surface area (Å²) in [5, 5.41) is 20.2. The van der Waals surface area contributed by atoms with Gasteiger partial charge in [-0.15, -0.1) is 0 Å². The first-order valence-electron chi connectivity index (χ1n) is 8.52. The first-order chi connectivity index (χ1) is 11.4. The molecule has 2 fully saturated rings. The van der Waals surface area contributed by atoms with Crippen molar-refractivity contribution in [3.63, 3.8) is 0 Å². The summed E-state index contributed by atoms with van der Waals surface area (Å²) < 4.78 is 27.0. The number of carbonyl (C=O) groups excluding carboxylic acids is 1. The Morgan fingerprint density at radius 1 is 1.29 bits per heavy atom. The Morgan fingerprint density at radius 3 is 2.54 bits per heavy atom. The Balaban J connectivity index is 1.54. The number of nitrogens with zero attached hydrogens (tertiary/aromatic N) is 1. The predicted octanol–water partition coefficient (Wildman–Crippen LogP) is 2.02. The van der Waals surface area contributed by atoms with Gasteiger partial charge in [-0.25, -0.2) is 8.78 Å². The molecule has 1 amide bonds. The fourth-order valence-electron chi connectivity index (χ4n) is 3.58. The molecule has 4 nitrogen and oxygen atoms in total. The van der Waals surface area contributed by atoms with Crippen LogP contribution in [-0.2, 0) is 11.2 Å². The molecular formula is C18H23F2NO3. The third kappa shape index (κ3) is 3.44. The molecule has 0 aromatic heterocycles. The SMILES string of the molecule is O=C(C(O)C1(O)CCC1)N1CCC(Cc2cc(F)ccc2F)CC1. The lowest BCUT2D eigenvalue weighted by Gasteiger charge is -2.42. The van der Waals surface area contributed by atoms with Crippen molar-refractivity contribution in [1.29, 1.82) is 0 Å². The molecule has 6 heteroatoms. The van der Waals surface area contributed by atoms with Crippen molar-refractivity contribution in [1.82, 2.24) is 4.90 Å². The molecule has 0 bridgehead atoms. The van der Waals surface area contributed by atoms with E-state index in [9.17, 15) is 23.8 Å². The molecule has 1 saturated heterocycles. The first-order valence-corrected chi connectivity index (χ1v) is 8.52. The highest BCUT2D eigenvalue weighted by Gasteiger charge is 2.46. The third-order valence-corrected chi connectivity index (χ3v) is 5.40. The number of amides is 1. The summed E-state index contributed by atoms with van der Waals surface area (Å²) in [5.74, 6) is -1.10. The first kappa shape index (κ1) is 17.3. The number of halogens is 2. The van der Waals surface area contributed by atoms with Crippen LogP contribution >= 0.6 is 0 Å². The Hall–Kier alpha value is -1.53. The second kappa shape index (κ2) is 6.76. The number of aliphatic hydroxyl groups is 2. The van der Waals surface area contributed by atoms with Gasteiger partial charge in [0.1, 0.15) is 11.6 Å². The van der Waals surface area contributed by atoms with Crippen LogP contribution in [0.5, 0.6) is 0 Å². The van der Waals surface area contributed by atoms with Crippen LogP contribution in [0.25, 0.3) is 0 Å². The van der Waals surface area contributed by atoms with E-state index in [4.69, 9.17) is 0 Å². The van der Waals surface area contributed by atoms with Crippen molar-refractivity contribution in [2.75, 3.05) is 13.1 Å². The van der Waals surface area contributed by atoms with Crippen LogP contribution in [0.3, 0.4) is 0 Å². The van der Waals surface area contributed by atoms with Crippen molar-refractivity contribution in [2.45, 2.75) is 50.2 Å². The highest BCUT2D eigenvalue weighted by Crippen LogP contribution is 2.36. The summed E-state index contributed by atoms with van der Waals surface area (Å²) >= 11 is 0. The number of aliphatic hydroxyl groups excluding tert-OH is 1. The van der Waals surface area contributed by atoms with Crippen molar-refractivity contribution < 1.29 is 23.8 Å². The smallest absolute Gasteiger partial charge is 0.254 e. The van der Waals surface area contributed by atoms with Crippen molar-refractivity contribution in [3.05, 3.63) is 35.4 Å². The van der Waals surface area contributed by atoms with E-state index in [2.05, 4.69) is 0 Å². The average molecular weight is 339 g/mol. The quantitative estimate of drug-likeness (QED) is 0.882. The fraction of sp³-hybridized carbons (Fsp3) is 0.611. The number of rotatable bonds is 4. The van der Waals surface area contributed by atoms with Gasteiger partial charge in [-0.3, -0.25) is 4.79 Å². The standard InChI is InChI=1S/C18H23F2NO3/c19-14-2-3-15(20)13(11-14)10-12-4-8-21(9-5-12)17(23)16(22)18(24)6-1-7-18/h2-3,11-12,16,22,24H,1,4-10H2. The predicted molar refractivity (Wildman–Crippen MR) is 84.2 cm³/mol. The molecule has 0 radical (unpaired) electrons. The van der Waals surface area contributed by atoms with Gasteiger partial charge in [-0.2, -0.15) is 0 Å². The lowest BCUT2D eigenvalue weighted by atomic mass is 9.75. The number of hydrogen-bond donors (Lipinski definition) is 2. The highest BCUT2D eigenvalue weighted by atomic mass is 19.1. The molecule has 3 rings (SSSR count). The summed E-state index contributed by atoms with van der Waals surface area (Å²) in [6, 6.07) is 3.47. The summed E-state index contributed by atoms with van der Waals surface area (Å²) in [6.45, 7) is 0.932. The van der Waals surface area contributed by atoms with Crippen LogP contribution < -0.4 is 0 Å². The largest absolute Gasteiger partial charge is 0.387 e. The molecule has 1 aliphatic heterocycles. The molecule has 132 valence electrons. The zero-order chi connectivity index (χ0) is 17.3. The maximum absolute atomic E-state index is 13.7. The summed E-state index contributed by atoms with van der Waals surface area (Å²) in [7, 11) is 0. The van der Waals surface area contributed by atoms with Gasteiger partial charge in [0.15, 0.2) is 6.10 Å². The van der Waals surface area contributed by atoms with E-state index in [0.717, 1.165) is 18.6 Å². The summed E-state index contributed by atoms with van der Waals surface area (Å²) in [4.78, 5) is 13.9. The monoisotopic (exact) mass is 339 g/mol. The van der Waals surface area contributed by atoms with Crippen LogP contribution in [-0.4, -0.2) is 45.8 Å². The van der Waals surface area contributed by atoms with Crippen molar-refractivity contribution in [2.24, 2.45) is 5.92 Å². The summed E-state index contributed by atoms with van der Waals surface area (Å²) in [6.07, 6.45) is 2.16. The van der Waals surface area contributed by atoms with Crippen molar-refractivity contribution >= 4 is 5.91 Å². The molecule has 24 heavy (non-hydrogen) atoms. The maximum atomic E-state index is 13.7. The number of benzene rings is 1. The molecule has 1 aliphatic carbocycles. The van der Waals surface area contributed by atoms with Crippen molar-refractivity contribution in [3.8, 4) is 0 Å². The number of likely N-dealkylation sites (tertiary alicyclic amines) is 1. The number of piperidine rings is 1. The Bertz CT molecular complexity index is 610. The van der Waals surface area contributed by atoms with Gasteiger partial charge in [0.05, 0.1) is 5.60 Å². The topological polar surface area (TPSA) is 60.8 Å². The summed E-state index contributed by atoms with van der Waals surface area (Å²) in [5.41, 5.74) is -0.901. The van der Waals surface area contributed by atoms with Crippen LogP contribution in [0.1, 0.15) is 37.7 Å². The minimum atomic E-state index is -1.36.